The third-order valence-electron chi connectivity index (χ3n) is 2.57. The molecule has 0 aromatic heterocycles. The quantitative estimate of drug-likeness (QED) is 0.649. The van der Waals surface area contributed by atoms with Gasteiger partial charge >= 0.3 is 0 Å². The molecule has 0 saturated heterocycles. The minimum absolute atomic E-state index is 0.238. The number of rotatable bonds is 3. The van der Waals surface area contributed by atoms with E-state index in [1.165, 1.54) is 6.07 Å². The molecule has 2 aromatic rings. The van der Waals surface area contributed by atoms with Gasteiger partial charge in [-0.2, -0.15) is 0 Å². The van der Waals surface area contributed by atoms with Crippen molar-refractivity contribution in [1.29, 1.82) is 0 Å². The smallest absolute Gasteiger partial charge is 0.250 e. The normalized spacial score (nSPS) is 10.3. The maximum atomic E-state index is 11.5. The number of hydrogen-bond donors (Lipinski definition) is 3. The third-order valence-corrected chi connectivity index (χ3v) is 4.05. The van der Waals surface area contributed by atoms with Gasteiger partial charge in [0.1, 0.15) is 0 Å². The molecule has 0 unspecified atom stereocenters. The first-order valence-corrected chi connectivity index (χ1v) is 7.46. The molecule has 4 nitrogen and oxygen atoms in total. The topological polar surface area (TPSA) is 81.1 Å². The molecule has 0 fully saturated rings. The number of primary amides is 1. The van der Waals surface area contributed by atoms with E-state index in [-0.39, 0.29) is 5.56 Å². The van der Waals surface area contributed by atoms with Gasteiger partial charge in [-0.1, -0.05) is 27.5 Å². The second kappa shape index (κ2) is 6.03. The van der Waals surface area contributed by atoms with Crippen molar-refractivity contribution in [3.05, 3.63) is 49.9 Å². The fourth-order valence-electron chi connectivity index (χ4n) is 1.68. The van der Waals surface area contributed by atoms with Crippen molar-refractivity contribution in [3.63, 3.8) is 0 Å². The monoisotopic (exact) mass is 417 g/mol. The molecular formula is C13H10Br2ClN3O. The van der Waals surface area contributed by atoms with E-state index >= 15 is 0 Å². The average molecular weight is 420 g/mol. The molecule has 0 saturated carbocycles. The zero-order valence-corrected chi connectivity index (χ0v) is 14.0. The van der Waals surface area contributed by atoms with E-state index in [4.69, 9.17) is 23.1 Å². The first-order chi connectivity index (χ1) is 9.38. The lowest BCUT2D eigenvalue weighted by molar-refractivity contribution is 0.100. The maximum Gasteiger partial charge on any atom is 0.250 e. The highest BCUT2D eigenvalue weighted by Crippen LogP contribution is 2.35. The van der Waals surface area contributed by atoms with Crippen LogP contribution in [0.5, 0.6) is 0 Å². The average Bonchev–Trinajstić information content (AvgIpc) is 2.36. The molecule has 2 rings (SSSR count). The van der Waals surface area contributed by atoms with Crippen LogP contribution >= 0.6 is 43.5 Å². The van der Waals surface area contributed by atoms with Crippen LogP contribution in [0.25, 0.3) is 0 Å². The van der Waals surface area contributed by atoms with Crippen LogP contribution in [0.1, 0.15) is 10.4 Å². The standard InChI is InChI=1S/C13H10Br2ClN3O/c14-6-1-2-9(15)11(3-6)19-12-8(13(18)20)4-7(17)5-10(12)16/h1-5,19H,17H2,(H2,18,20). The molecule has 0 bridgehead atoms. The van der Waals surface area contributed by atoms with Gasteiger partial charge in [0.05, 0.1) is 22.0 Å². The van der Waals surface area contributed by atoms with E-state index < -0.39 is 5.91 Å². The van der Waals surface area contributed by atoms with Crippen molar-refractivity contribution in [2.75, 3.05) is 11.1 Å². The molecule has 0 radical (unpaired) electrons. The van der Waals surface area contributed by atoms with Gasteiger partial charge in [0.15, 0.2) is 0 Å². The first kappa shape index (κ1) is 15.2. The summed E-state index contributed by atoms with van der Waals surface area (Å²) in [4.78, 5) is 11.5. The molecule has 0 spiro atoms. The van der Waals surface area contributed by atoms with Crippen LogP contribution in [0.2, 0.25) is 5.02 Å². The van der Waals surface area contributed by atoms with Crippen LogP contribution in [0.3, 0.4) is 0 Å². The van der Waals surface area contributed by atoms with Crippen molar-refractivity contribution in [2.24, 2.45) is 5.73 Å². The van der Waals surface area contributed by atoms with Crippen molar-refractivity contribution in [3.8, 4) is 0 Å². The van der Waals surface area contributed by atoms with Crippen LogP contribution < -0.4 is 16.8 Å². The number of halogens is 3. The summed E-state index contributed by atoms with van der Waals surface area (Å²) >= 11 is 12.9. The lowest BCUT2D eigenvalue weighted by atomic mass is 10.1. The van der Waals surface area contributed by atoms with E-state index in [1.54, 1.807) is 6.07 Å². The fraction of sp³-hybridized carbons (Fsp3) is 0. The molecule has 0 atom stereocenters. The number of hydrogen-bond acceptors (Lipinski definition) is 3. The van der Waals surface area contributed by atoms with Gasteiger partial charge in [-0.3, -0.25) is 4.79 Å². The van der Waals surface area contributed by atoms with Gasteiger partial charge in [0, 0.05) is 14.6 Å². The first-order valence-electron chi connectivity index (χ1n) is 5.49. The highest BCUT2D eigenvalue weighted by Gasteiger charge is 2.14. The summed E-state index contributed by atoms with van der Waals surface area (Å²) in [5.41, 5.74) is 12.8. The summed E-state index contributed by atoms with van der Waals surface area (Å²) < 4.78 is 1.71. The van der Waals surface area contributed by atoms with Gasteiger partial charge in [0.25, 0.3) is 5.91 Å². The summed E-state index contributed by atoms with van der Waals surface area (Å²) in [6.45, 7) is 0. The van der Waals surface area contributed by atoms with Gasteiger partial charge in [-0.05, 0) is 46.3 Å². The Balaban J connectivity index is 2.53. The molecule has 104 valence electrons. The number of nitrogens with one attached hydrogen (secondary N) is 1. The Morgan fingerprint density at radius 2 is 1.90 bits per heavy atom. The lowest BCUT2D eigenvalue weighted by Gasteiger charge is -2.14. The van der Waals surface area contributed by atoms with Crippen molar-refractivity contribution in [1.82, 2.24) is 0 Å². The molecule has 5 N–H and O–H groups in total. The number of benzene rings is 2. The Hall–Kier alpha value is -1.24. The zero-order valence-electron chi connectivity index (χ0n) is 10.1. The fourth-order valence-corrected chi connectivity index (χ4v) is 2.66. The van der Waals surface area contributed by atoms with Crippen molar-refractivity contribution >= 4 is 66.4 Å². The van der Waals surface area contributed by atoms with Gasteiger partial charge in [-0.15, -0.1) is 0 Å². The molecule has 0 aliphatic carbocycles. The van der Waals surface area contributed by atoms with Crippen LogP contribution in [0, 0.1) is 0 Å². The van der Waals surface area contributed by atoms with Gasteiger partial charge in [-0.25, -0.2) is 0 Å². The van der Waals surface area contributed by atoms with E-state index in [0.717, 1.165) is 14.6 Å². The SMILES string of the molecule is NC(=O)c1cc(N)cc(Cl)c1Nc1cc(Br)ccc1Br. The molecule has 7 heteroatoms. The Morgan fingerprint density at radius 3 is 2.55 bits per heavy atom. The molecule has 0 aliphatic rings. The Morgan fingerprint density at radius 1 is 1.20 bits per heavy atom. The number of carbonyl (C=O) groups excluding carboxylic acids is 1. The Kier molecular flexibility index (Phi) is 4.57. The summed E-state index contributed by atoms with van der Waals surface area (Å²) in [6.07, 6.45) is 0. The summed E-state index contributed by atoms with van der Waals surface area (Å²) in [6, 6.07) is 8.64. The van der Waals surface area contributed by atoms with Crippen LogP contribution in [-0.2, 0) is 0 Å². The van der Waals surface area contributed by atoms with Gasteiger partial charge < -0.3 is 16.8 Å². The summed E-state index contributed by atoms with van der Waals surface area (Å²) in [7, 11) is 0. The minimum atomic E-state index is -0.604. The van der Waals surface area contributed by atoms with Crippen LogP contribution in [-0.4, -0.2) is 5.91 Å². The zero-order chi connectivity index (χ0) is 14.9. The molecule has 2 aromatic carbocycles. The Bertz CT molecular complexity index is 692. The molecule has 1 amide bonds. The van der Waals surface area contributed by atoms with E-state index in [2.05, 4.69) is 37.2 Å². The number of anilines is 3. The summed E-state index contributed by atoms with van der Waals surface area (Å²) in [5.74, 6) is -0.604. The number of carbonyl (C=O) groups is 1. The van der Waals surface area contributed by atoms with E-state index in [9.17, 15) is 4.79 Å². The van der Waals surface area contributed by atoms with E-state index in [1.807, 2.05) is 18.2 Å². The van der Waals surface area contributed by atoms with Gasteiger partial charge in [0.2, 0.25) is 0 Å². The molecule has 0 aliphatic heterocycles. The number of nitrogens with two attached hydrogens (primary N) is 2. The minimum Gasteiger partial charge on any atom is -0.399 e. The summed E-state index contributed by atoms with van der Waals surface area (Å²) in [5, 5.41) is 3.42. The largest absolute Gasteiger partial charge is 0.399 e. The third kappa shape index (κ3) is 3.26. The van der Waals surface area contributed by atoms with Crippen molar-refractivity contribution in [2.45, 2.75) is 0 Å². The highest BCUT2D eigenvalue weighted by molar-refractivity contribution is 9.11. The van der Waals surface area contributed by atoms with Crippen molar-refractivity contribution < 1.29 is 4.79 Å². The molecular weight excluding hydrogens is 409 g/mol. The van der Waals surface area contributed by atoms with E-state index in [0.29, 0.717) is 16.4 Å². The van der Waals surface area contributed by atoms with Crippen LogP contribution in [0.15, 0.2) is 39.3 Å². The molecule has 0 heterocycles. The maximum absolute atomic E-state index is 11.5. The predicted molar refractivity (Wildman–Crippen MR) is 89.5 cm³/mol. The number of amides is 1. The second-order valence-electron chi connectivity index (χ2n) is 4.04. The predicted octanol–water partition coefficient (Wildman–Crippen LogP) is 4.29. The lowest BCUT2D eigenvalue weighted by Crippen LogP contribution is -2.14. The molecule has 20 heavy (non-hydrogen) atoms. The highest BCUT2D eigenvalue weighted by atomic mass is 79.9. The van der Waals surface area contributed by atoms with Crippen LogP contribution in [0.4, 0.5) is 17.1 Å². The Labute approximate surface area is 137 Å². The number of nitrogen functional groups attached to an aromatic ring is 1. The second-order valence-corrected chi connectivity index (χ2v) is 6.22.